The molecule has 2 rings (SSSR count). The molecule has 0 amide bonds. The van der Waals surface area contributed by atoms with E-state index in [2.05, 4.69) is 32.3 Å². The normalized spacial score (nSPS) is 17.3. The quantitative estimate of drug-likeness (QED) is 0.738. The first-order valence-corrected chi connectivity index (χ1v) is 6.74. The molecule has 0 saturated carbocycles. The summed E-state index contributed by atoms with van der Waals surface area (Å²) in [7, 11) is 2.02. The van der Waals surface area contributed by atoms with Gasteiger partial charge < -0.3 is 15.0 Å². The van der Waals surface area contributed by atoms with Gasteiger partial charge in [0, 0.05) is 25.7 Å². The Hall–Kier alpha value is -1.14. The van der Waals surface area contributed by atoms with Gasteiger partial charge in [0.15, 0.2) is 5.82 Å². The second-order valence-corrected chi connectivity index (χ2v) is 4.68. The number of piperidine rings is 1. The standard InChI is InChI=1S/C12H23N5O/c1-3-8-18-9-11-14-12(16-15-11)17-6-4-10(13-2)5-7-17/h10,13H,3-9H2,1-2H3,(H,14,15,16). The minimum atomic E-state index is 0.522. The summed E-state index contributed by atoms with van der Waals surface area (Å²) in [6.45, 7) is 5.41. The van der Waals surface area contributed by atoms with Crippen LogP contribution in [0.25, 0.3) is 0 Å². The van der Waals surface area contributed by atoms with E-state index in [0.717, 1.165) is 50.7 Å². The van der Waals surface area contributed by atoms with E-state index in [-0.39, 0.29) is 0 Å². The van der Waals surface area contributed by atoms with Crippen LogP contribution >= 0.6 is 0 Å². The van der Waals surface area contributed by atoms with Crippen LogP contribution in [0.4, 0.5) is 5.95 Å². The van der Waals surface area contributed by atoms with Gasteiger partial charge in [0.25, 0.3) is 0 Å². The topological polar surface area (TPSA) is 66.1 Å². The summed E-state index contributed by atoms with van der Waals surface area (Å²) < 4.78 is 5.44. The highest BCUT2D eigenvalue weighted by atomic mass is 16.5. The fraction of sp³-hybridized carbons (Fsp3) is 0.833. The van der Waals surface area contributed by atoms with Crippen molar-refractivity contribution in [3.8, 4) is 0 Å². The zero-order valence-electron chi connectivity index (χ0n) is 11.3. The molecular formula is C12H23N5O. The van der Waals surface area contributed by atoms with E-state index in [1.807, 2.05) is 7.05 Å². The summed E-state index contributed by atoms with van der Waals surface area (Å²) in [5.74, 6) is 1.62. The summed E-state index contributed by atoms with van der Waals surface area (Å²) in [5.41, 5.74) is 0. The van der Waals surface area contributed by atoms with Gasteiger partial charge in [-0.2, -0.15) is 4.98 Å². The molecule has 1 saturated heterocycles. The monoisotopic (exact) mass is 253 g/mol. The van der Waals surface area contributed by atoms with Crippen LogP contribution in [0.2, 0.25) is 0 Å². The van der Waals surface area contributed by atoms with Gasteiger partial charge in [0.1, 0.15) is 6.61 Å². The van der Waals surface area contributed by atoms with Crippen LogP contribution in [0, 0.1) is 0 Å². The molecule has 1 aromatic heterocycles. The Labute approximate surface area is 108 Å². The molecule has 2 heterocycles. The van der Waals surface area contributed by atoms with E-state index in [4.69, 9.17) is 4.74 Å². The second-order valence-electron chi connectivity index (χ2n) is 4.68. The molecule has 0 spiro atoms. The van der Waals surface area contributed by atoms with Gasteiger partial charge in [-0.1, -0.05) is 6.92 Å². The molecule has 1 aromatic rings. The molecule has 0 bridgehead atoms. The van der Waals surface area contributed by atoms with Crippen molar-refractivity contribution < 1.29 is 4.74 Å². The Balaban J connectivity index is 1.82. The Bertz CT molecular complexity index is 346. The highest BCUT2D eigenvalue weighted by Crippen LogP contribution is 2.15. The van der Waals surface area contributed by atoms with E-state index in [9.17, 15) is 0 Å². The molecule has 102 valence electrons. The van der Waals surface area contributed by atoms with E-state index < -0.39 is 0 Å². The number of anilines is 1. The van der Waals surface area contributed by atoms with Crippen LogP contribution in [0.3, 0.4) is 0 Å². The number of hydrogen-bond donors (Lipinski definition) is 2. The van der Waals surface area contributed by atoms with E-state index >= 15 is 0 Å². The van der Waals surface area contributed by atoms with E-state index in [0.29, 0.717) is 12.6 Å². The maximum absolute atomic E-state index is 5.44. The Morgan fingerprint density at radius 1 is 1.44 bits per heavy atom. The predicted octanol–water partition coefficient (Wildman–Crippen LogP) is 0.919. The van der Waals surface area contributed by atoms with Crippen LogP contribution in [0.1, 0.15) is 32.0 Å². The number of nitrogens with one attached hydrogen (secondary N) is 2. The lowest BCUT2D eigenvalue weighted by Crippen LogP contribution is -2.41. The lowest BCUT2D eigenvalue weighted by molar-refractivity contribution is 0.116. The number of nitrogens with zero attached hydrogens (tertiary/aromatic N) is 3. The molecule has 0 atom stereocenters. The first-order chi connectivity index (χ1) is 8.83. The summed E-state index contributed by atoms with van der Waals surface area (Å²) >= 11 is 0. The highest BCUT2D eigenvalue weighted by molar-refractivity contribution is 5.29. The fourth-order valence-corrected chi connectivity index (χ4v) is 2.17. The summed E-state index contributed by atoms with van der Waals surface area (Å²) in [4.78, 5) is 6.70. The molecular weight excluding hydrogens is 230 g/mol. The number of aromatic nitrogens is 3. The first-order valence-electron chi connectivity index (χ1n) is 6.74. The van der Waals surface area contributed by atoms with Gasteiger partial charge in [-0.05, 0) is 26.3 Å². The maximum atomic E-state index is 5.44. The van der Waals surface area contributed by atoms with Crippen molar-refractivity contribution in [2.24, 2.45) is 0 Å². The van der Waals surface area contributed by atoms with Crippen LogP contribution in [-0.4, -0.2) is 48.0 Å². The molecule has 2 N–H and O–H groups in total. The van der Waals surface area contributed by atoms with Gasteiger partial charge in [0.05, 0.1) is 0 Å². The molecule has 18 heavy (non-hydrogen) atoms. The largest absolute Gasteiger partial charge is 0.373 e. The maximum Gasteiger partial charge on any atom is 0.244 e. The smallest absolute Gasteiger partial charge is 0.244 e. The number of H-pyrrole nitrogens is 1. The fourth-order valence-electron chi connectivity index (χ4n) is 2.17. The lowest BCUT2D eigenvalue weighted by atomic mass is 10.1. The van der Waals surface area contributed by atoms with Crippen LogP contribution in [-0.2, 0) is 11.3 Å². The SMILES string of the molecule is CCCOCc1nc(N2CCC(NC)CC2)n[nH]1. The number of aromatic amines is 1. The molecule has 6 nitrogen and oxygen atoms in total. The molecule has 0 unspecified atom stereocenters. The summed E-state index contributed by atoms with van der Waals surface area (Å²) in [6, 6.07) is 0.632. The number of rotatable bonds is 6. The molecule has 1 aliphatic heterocycles. The van der Waals surface area contributed by atoms with Gasteiger partial charge in [-0.3, -0.25) is 5.10 Å². The van der Waals surface area contributed by atoms with Crippen molar-refractivity contribution in [3.63, 3.8) is 0 Å². The van der Waals surface area contributed by atoms with Crippen molar-refractivity contribution in [1.82, 2.24) is 20.5 Å². The third-order valence-corrected chi connectivity index (χ3v) is 3.29. The Morgan fingerprint density at radius 3 is 2.89 bits per heavy atom. The zero-order valence-corrected chi connectivity index (χ0v) is 11.3. The van der Waals surface area contributed by atoms with Gasteiger partial charge in [-0.25, -0.2) is 0 Å². The molecule has 6 heteroatoms. The second kappa shape index (κ2) is 6.70. The lowest BCUT2D eigenvalue weighted by Gasteiger charge is -2.30. The molecule has 1 aliphatic rings. The van der Waals surface area contributed by atoms with E-state index in [1.54, 1.807) is 0 Å². The van der Waals surface area contributed by atoms with Gasteiger partial charge >= 0.3 is 0 Å². The minimum Gasteiger partial charge on any atom is -0.373 e. The van der Waals surface area contributed by atoms with Crippen LogP contribution in [0.5, 0.6) is 0 Å². The number of ether oxygens (including phenoxy) is 1. The molecule has 1 fully saturated rings. The van der Waals surface area contributed by atoms with Crippen LogP contribution in [0.15, 0.2) is 0 Å². The van der Waals surface area contributed by atoms with Crippen molar-refractivity contribution in [2.45, 2.75) is 38.8 Å². The van der Waals surface area contributed by atoms with Crippen LogP contribution < -0.4 is 10.2 Å². The van der Waals surface area contributed by atoms with Crippen molar-refractivity contribution >= 4 is 5.95 Å². The molecule has 0 aromatic carbocycles. The average Bonchev–Trinajstić information content (AvgIpc) is 2.88. The molecule has 0 aliphatic carbocycles. The third kappa shape index (κ3) is 3.43. The Morgan fingerprint density at radius 2 is 2.22 bits per heavy atom. The van der Waals surface area contributed by atoms with Crippen molar-refractivity contribution in [2.75, 3.05) is 31.6 Å². The summed E-state index contributed by atoms with van der Waals surface area (Å²) in [5, 5.41) is 10.5. The van der Waals surface area contributed by atoms with Gasteiger partial charge in [-0.15, -0.1) is 5.10 Å². The highest BCUT2D eigenvalue weighted by Gasteiger charge is 2.20. The third-order valence-electron chi connectivity index (χ3n) is 3.29. The summed E-state index contributed by atoms with van der Waals surface area (Å²) in [6.07, 6.45) is 3.32. The van der Waals surface area contributed by atoms with Gasteiger partial charge in [0.2, 0.25) is 5.95 Å². The van der Waals surface area contributed by atoms with E-state index in [1.165, 1.54) is 0 Å². The minimum absolute atomic E-state index is 0.522. The Kier molecular flexibility index (Phi) is 4.95. The van der Waals surface area contributed by atoms with Crippen molar-refractivity contribution in [1.29, 1.82) is 0 Å². The zero-order chi connectivity index (χ0) is 12.8. The average molecular weight is 253 g/mol. The number of hydrogen-bond acceptors (Lipinski definition) is 5. The molecule has 0 radical (unpaired) electrons. The van der Waals surface area contributed by atoms with Crippen molar-refractivity contribution in [3.05, 3.63) is 5.82 Å². The first kappa shape index (κ1) is 13.3. The predicted molar refractivity (Wildman–Crippen MR) is 70.6 cm³/mol.